The van der Waals surface area contributed by atoms with Crippen molar-refractivity contribution in [3.05, 3.63) is 35.4 Å². The number of carbonyl (C=O) groups excluding carboxylic acids is 1. The summed E-state index contributed by atoms with van der Waals surface area (Å²) in [4.78, 5) is 10.8. The highest BCUT2D eigenvalue weighted by Gasteiger charge is 2.26. The fourth-order valence-electron chi connectivity index (χ4n) is 2.26. The van der Waals surface area contributed by atoms with Crippen molar-refractivity contribution < 1.29 is 6.22 Å². The first-order chi connectivity index (χ1) is 6.85. The molecule has 2 heteroatoms. The molecule has 1 N–H and O–H groups in total. The normalized spacial score (nSPS) is 17.8. The van der Waals surface area contributed by atoms with Crippen LogP contribution < -0.4 is 5.32 Å². The average Bonchev–Trinajstić information content (AvgIpc) is 2.63. The summed E-state index contributed by atoms with van der Waals surface area (Å²) in [5, 5.41) is 3.06. The van der Waals surface area contributed by atoms with Crippen LogP contribution in [0.5, 0.6) is 0 Å². The van der Waals surface area contributed by atoms with Crippen molar-refractivity contribution in [1.29, 1.82) is 0 Å². The molecule has 0 aliphatic heterocycles. The average molecular weight is 191 g/mol. The quantitative estimate of drug-likeness (QED) is 0.732. The number of likely N-dealkylation sites (N-methyl/N-ethyl adjacent to an activating group) is 1. The Bertz CT molecular complexity index is 315. The molecule has 1 aliphatic carbocycles. The summed E-state index contributed by atoms with van der Waals surface area (Å²) in [6.07, 6.45) is 3.08. The summed E-state index contributed by atoms with van der Waals surface area (Å²) >= 11 is 0. The zero-order valence-corrected chi connectivity index (χ0v) is 8.36. The van der Waals surface area contributed by atoms with E-state index in [1.165, 1.54) is 11.1 Å². The first-order valence-electron chi connectivity index (χ1n) is 5.04. The van der Waals surface area contributed by atoms with Gasteiger partial charge in [-0.2, -0.15) is 0 Å². The smallest absolute Gasteiger partial charge is 0.137 e. The topological polar surface area (TPSA) is 29.1 Å². The number of hydrogen-bond acceptors (Lipinski definition) is 2. The van der Waals surface area contributed by atoms with E-state index in [4.69, 9.17) is 0 Å². The van der Waals surface area contributed by atoms with E-state index in [9.17, 15) is 4.79 Å². The molecule has 0 fully saturated rings. The van der Waals surface area contributed by atoms with E-state index in [0.29, 0.717) is 5.92 Å². The second-order valence-corrected chi connectivity index (χ2v) is 3.89. The Balaban J connectivity index is 0.00000112. The minimum absolute atomic E-state index is 0. The van der Waals surface area contributed by atoms with Crippen molar-refractivity contribution in [3.63, 3.8) is 0 Å². The summed E-state index contributed by atoms with van der Waals surface area (Å²) in [6.45, 7) is 0. The summed E-state index contributed by atoms with van der Waals surface area (Å²) in [5.74, 6) is 0.440. The molecule has 0 bridgehead atoms. The minimum Gasteiger partial charge on any atom is -0.311 e. The fraction of sp³-hybridized carbons (Fsp3) is 0.417. The highest BCUT2D eigenvalue weighted by Crippen LogP contribution is 2.27. The molecular weight excluding hydrogens is 174 g/mol. The third-order valence-electron chi connectivity index (χ3n) is 3.07. The van der Waals surface area contributed by atoms with E-state index < -0.39 is 0 Å². The van der Waals surface area contributed by atoms with Crippen LogP contribution in [0.2, 0.25) is 0 Å². The molecule has 14 heavy (non-hydrogen) atoms. The first-order valence-corrected chi connectivity index (χ1v) is 5.04. The van der Waals surface area contributed by atoms with E-state index in [-0.39, 0.29) is 7.47 Å². The second-order valence-electron chi connectivity index (χ2n) is 3.89. The lowest BCUT2D eigenvalue weighted by Gasteiger charge is -2.15. The van der Waals surface area contributed by atoms with Gasteiger partial charge in [-0.1, -0.05) is 24.3 Å². The third-order valence-corrected chi connectivity index (χ3v) is 3.07. The Morgan fingerprint density at radius 2 is 2.00 bits per heavy atom. The highest BCUT2D eigenvalue weighted by molar-refractivity contribution is 5.59. The SMILES string of the molecule is CN[C@H](C=O)C1Cc2ccccc2C1.[HH]. The number of aldehydes is 1. The van der Waals surface area contributed by atoms with Gasteiger partial charge in [-0.05, 0) is 36.9 Å². The van der Waals surface area contributed by atoms with Crippen LogP contribution in [0.25, 0.3) is 0 Å². The molecule has 0 saturated heterocycles. The zero-order chi connectivity index (χ0) is 9.97. The van der Waals surface area contributed by atoms with Gasteiger partial charge in [0.05, 0.1) is 6.04 Å². The molecule has 1 aromatic carbocycles. The van der Waals surface area contributed by atoms with Gasteiger partial charge in [-0.3, -0.25) is 0 Å². The number of hydrogen-bond donors (Lipinski definition) is 1. The van der Waals surface area contributed by atoms with E-state index >= 15 is 0 Å². The lowest BCUT2D eigenvalue weighted by molar-refractivity contribution is -0.110. The fourth-order valence-corrected chi connectivity index (χ4v) is 2.26. The molecule has 0 saturated carbocycles. The van der Waals surface area contributed by atoms with Gasteiger partial charge in [0, 0.05) is 1.43 Å². The van der Waals surface area contributed by atoms with Crippen molar-refractivity contribution in [2.24, 2.45) is 5.92 Å². The monoisotopic (exact) mass is 191 g/mol. The molecule has 2 nitrogen and oxygen atoms in total. The predicted molar refractivity (Wildman–Crippen MR) is 58.4 cm³/mol. The van der Waals surface area contributed by atoms with Crippen molar-refractivity contribution in [2.45, 2.75) is 18.9 Å². The number of benzene rings is 1. The lowest BCUT2D eigenvalue weighted by Crippen LogP contribution is -2.35. The van der Waals surface area contributed by atoms with Crippen LogP contribution in [0.4, 0.5) is 0 Å². The molecule has 1 atom stereocenters. The van der Waals surface area contributed by atoms with Gasteiger partial charge < -0.3 is 10.1 Å². The van der Waals surface area contributed by atoms with Gasteiger partial charge in [0.2, 0.25) is 0 Å². The van der Waals surface area contributed by atoms with Crippen LogP contribution >= 0.6 is 0 Å². The summed E-state index contributed by atoms with van der Waals surface area (Å²) in [5.41, 5.74) is 2.80. The van der Waals surface area contributed by atoms with Gasteiger partial charge in [0.15, 0.2) is 0 Å². The van der Waals surface area contributed by atoms with Gasteiger partial charge in [-0.25, -0.2) is 0 Å². The molecule has 0 spiro atoms. The van der Waals surface area contributed by atoms with E-state index in [0.717, 1.165) is 19.1 Å². The first kappa shape index (κ1) is 9.41. The number of carbonyl (C=O) groups is 1. The second kappa shape index (κ2) is 3.93. The number of fused-ring (bicyclic) bond motifs is 1. The van der Waals surface area contributed by atoms with Crippen LogP contribution in [0.15, 0.2) is 24.3 Å². The van der Waals surface area contributed by atoms with Gasteiger partial charge in [0.1, 0.15) is 6.29 Å². The maximum Gasteiger partial charge on any atom is 0.137 e. The van der Waals surface area contributed by atoms with Gasteiger partial charge in [0.25, 0.3) is 0 Å². The molecule has 0 aromatic heterocycles. The molecule has 0 radical (unpaired) electrons. The van der Waals surface area contributed by atoms with Crippen LogP contribution in [0.1, 0.15) is 12.6 Å². The third kappa shape index (κ3) is 1.58. The number of rotatable bonds is 3. The lowest BCUT2D eigenvalue weighted by atomic mass is 9.98. The Kier molecular flexibility index (Phi) is 2.64. The van der Waals surface area contributed by atoms with Crippen LogP contribution in [0, 0.1) is 5.92 Å². The van der Waals surface area contributed by atoms with E-state index in [1.54, 1.807) is 0 Å². The Morgan fingerprint density at radius 1 is 1.43 bits per heavy atom. The van der Waals surface area contributed by atoms with Gasteiger partial charge >= 0.3 is 0 Å². The summed E-state index contributed by atoms with van der Waals surface area (Å²) in [6, 6.07) is 8.45. The summed E-state index contributed by atoms with van der Waals surface area (Å²) < 4.78 is 0. The Hall–Kier alpha value is -1.15. The minimum atomic E-state index is 0. The summed E-state index contributed by atoms with van der Waals surface area (Å²) in [7, 11) is 1.85. The van der Waals surface area contributed by atoms with Crippen molar-refractivity contribution in [2.75, 3.05) is 7.05 Å². The van der Waals surface area contributed by atoms with Crippen LogP contribution in [0.3, 0.4) is 0 Å². The maximum absolute atomic E-state index is 10.8. The van der Waals surface area contributed by atoms with Crippen molar-refractivity contribution in [1.82, 2.24) is 5.32 Å². The predicted octanol–water partition coefficient (Wildman–Crippen LogP) is 1.43. The highest BCUT2D eigenvalue weighted by atomic mass is 16.1. The molecule has 0 heterocycles. The van der Waals surface area contributed by atoms with Crippen molar-refractivity contribution >= 4 is 6.29 Å². The molecule has 1 aromatic rings. The molecule has 0 unspecified atom stereocenters. The zero-order valence-electron chi connectivity index (χ0n) is 8.36. The van der Waals surface area contributed by atoms with Gasteiger partial charge in [-0.15, -0.1) is 0 Å². The Labute approximate surface area is 85.8 Å². The molecule has 76 valence electrons. The molecule has 0 amide bonds. The van der Waals surface area contributed by atoms with Crippen molar-refractivity contribution in [3.8, 4) is 0 Å². The largest absolute Gasteiger partial charge is 0.311 e. The van der Waals surface area contributed by atoms with Crippen LogP contribution in [-0.2, 0) is 17.6 Å². The molecule has 1 aliphatic rings. The molecule has 2 rings (SSSR count). The number of nitrogens with one attached hydrogen (secondary N) is 1. The Morgan fingerprint density at radius 3 is 2.43 bits per heavy atom. The molecular formula is C12H17NO. The van der Waals surface area contributed by atoms with E-state index in [2.05, 4.69) is 29.6 Å². The standard InChI is InChI=1S/C12H15NO.H2/c1-13-12(8-14)11-6-9-4-2-3-5-10(9)7-11;/h2-5,8,11-13H,6-7H2,1H3;1H/t12-;/m1./s1. The maximum atomic E-state index is 10.8. The van der Waals surface area contributed by atoms with E-state index in [1.807, 2.05) is 7.05 Å². The van der Waals surface area contributed by atoms with Crippen LogP contribution in [-0.4, -0.2) is 19.4 Å².